The number of nitrogens with one attached hydrogen (secondary N) is 1. The molecule has 0 saturated heterocycles. The van der Waals surface area contributed by atoms with Crippen LogP contribution in [0.3, 0.4) is 0 Å². The van der Waals surface area contributed by atoms with Crippen molar-refractivity contribution < 1.29 is 13.2 Å². The van der Waals surface area contributed by atoms with Gasteiger partial charge in [-0.2, -0.15) is 0 Å². The molecule has 1 heterocycles. The number of hydrogen-bond donors (Lipinski definition) is 1. The van der Waals surface area contributed by atoms with Crippen LogP contribution in [0, 0.1) is 0 Å². The molecule has 146 valence electrons. The summed E-state index contributed by atoms with van der Waals surface area (Å²) >= 11 is 19.0. The topological polar surface area (TPSA) is 76.1 Å². The molecule has 5 nitrogen and oxygen atoms in total. The molecule has 10 heteroatoms. The van der Waals surface area contributed by atoms with E-state index in [4.69, 9.17) is 34.8 Å². The minimum Gasteiger partial charge on any atom is -0.302 e. The maximum atomic E-state index is 12.3. The maximum absolute atomic E-state index is 12.3. The zero-order valence-electron chi connectivity index (χ0n) is 14.2. The van der Waals surface area contributed by atoms with Crippen LogP contribution in [-0.4, -0.2) is 25.1 Å². The van der Waals surface area contributed by atoms with E-state index in [9.17, 15) is 13.2 Å². The van der Waals surface area contributed by atoms with Gasteiger partial charge in [0.15, 0.2) is 15.0 Å². The molecule has 0 bridgehead atoms. The Kier molecular flexibility index (Phi) is 6.62. The van der Waals surface area contributed by atoms with E-state index in [2.05, 4.69) is 10.3 Å². The molecule has 0 unspecified atom stereocenters. The second-order valence-electron chi connectivity index (χ2n) is 5.73. The van der Waals surface area contributed by atoms with Crippen LogP contribution in [0.1, 0.15) is 6.42 Å². The van der Waals surface area contributed by atoms with Gasteiger partial charge in [0, 0.05) is 27.4 Å². The Morgan fingerprint density at radius 2 is 1.71 bits per heavy atom. The van der Waals surface area contributed by atoms with Gasteiger partial charge < -0.3 is 5.32 Å². The number of rotatable bonds is 6. The molecule has 1 N–H and O–H groups in total. The molecule has 1 aromatic heterocycles. The molecule has 0 fully saturated rings. The molecule has 0 radical (unpaired) electrons. The van der Waals surface area contributed by atoms with E-state index >= 15 is 0 Å². The number of carbonyl (C=O) groups is 1. The Hall–Kier alpha value is -1.64. The predicted molar refractivity (Wildman–Crippen MR) is 114 cm³/mol. The first-order valence-electron chi connectivity index (χ1n) is 7.94. The number of amides is 1. The van der Waals surface area contributed by atoms with Crippen LogP contribution >= 0.6 is 46.1 Å². The molecule has 28 heavy (non-hydrogen) atoms. The molecule has 0 atom stereocenters. The first-order valence-corrected chi connectivity index (χ1v) is 11.6. The molecule has 0 aliphatic heterocycles. The van der Waals surface area contributed by atoms with Crippen LogP contribution in [-0.2, 0) is 14.6 Å². The van der Waals surface area contributed by atoms with Crippen molar-refractivity contribution in [3.63, 3.8) is 0 Å². The fraction of sp³-hybridized carbons (Fsp3) is 0.111. The van der Waals surface area contributed by atoms with Gasteiger partial charge in [0.05, 0.1) is 21.4 Å². The summed E-state index contributed by atoms with van der Waals surface area (Å²) in [6.07, 6.45) is -0.193. The van der Waals surface area contributed by atoms with Gasteiger partial charge in [0.25, 0.3) is 0 Å². The second kappa shape index (κ2) is 8.80. The molecule has 0 aliphatic rings. The van der Waals surface area contributed by atoms with Crippen molar-refractivity contribution in [1.82, 2.24) is 4.98 Å². The first kappa shape index (κ1) is 21.1. The third-order valence-electron chi connectivity index (χ3n) is 3.73. The van der Waals surface area contributed by atoms with E-state index in [1.807, 2.05) is 0 Å². The SMILES string of the molecule is O=C(CCS(=O)(=O)c1ccc(Cl)cc1)Nc1nc(-c2ccc(Cl)cc2Cl)cs1. The Bertz CT molecular complexity index is 1110. The lowest BCUT2D eigenvalue weighted by Gasteiger charge is -2.05. The molecule has 1 amide bonds. The fourth-order valence-electron chi connectivity index (χ4n) is 2.32. The van der Waals surface area contributed by atoms with Crippen molar-refractivity contribution in [2.45, 2.75) is 11.3 Å². The van der Waals surface area contributed by atoms with E-state index in [1.54, 1.807) is 23.6 Å². The van der Waals surface area contributed by atoms with Crippen LogP contribution < -0.4 is 5.32 Å². The van der Waals surface area contributed by atoms with Crippen LogP contribution in [0.15, 0.2) is 52.7 Å². The monoisotopic (exact) mass is 474 g/mol. The van der Waals surface area contributed by atoms with Crippen LogP contribution in [0.5, 0.6) is 0 Å². The Labute approximate surface area is 181 Å². The number of halogens is 3. The number of anilines is 1. The van der Waals surface area contributed by atoms with Gasteiger partial charge in [-0.1, -0.05) is 34.8 Å². The number of aromatic nitrogens is 1. The number of thiazole rings is 1. The maximum Gasteiger partial charge on any atom is 0.227 e. The van der Waals surface area contributed by atoms with Crippen LogP contribution in [0.2, 0.25) is 15.1 Å². The van der Waals surface area contributed by atoms with E-state index in [-0.39, 0.29) is 17.1 Å². The minimum atomic E-state index is -3.58. The van der Waals surface area contributed by atoms with Crippen molar-refractivity contribution in [1.29, 1.82) is 0 Å². The van der Waals surface area contributed by atoms with Crippen molar-refractivity contribution in [3.05, 3.63) is 62.9 Å². The molecular formula is C18H13Cl3N2O3S2. The third kappa shape index (κ3) is 5.24. The van der Waals surface area contributed by atoms with Gasteiger partial charge in [0.2, 0.25) is 5.91 Å². The van der Waals surface area contributed by atoms with Crippen molar-refractivity contribution in [2.75, 3.05) is 11.1 Å². The quantitative estimate of drug-likeness (QED) is 0.505. The fourth-order valence-corrected chi connectivity index (χ4v) is 4.92. The average Bonchev–Trinajstić information content (AvgIpc) is 3.08. The summed E-state index contributed by atoms with van der Waals surface area (Å²) in [7, 11) is -3.58. The average molecular weight is 476 g/mol. The zero-order chi connectivity index (χ0) is 20.3. The lowest BCUT2D eigenvalue weighted by molar-refractivity contribution is -0.115. The molecule has 0 spiro atoms. The van der Waals surface area contributed by atoms with Gasteiger partial charge in [-0.15, -0.1) is 11.3 Å². The second-order valence-corrected chi connectivity index (χ2v) is 9.98. The van der Waals surface area contributed by atoms with Crippen LogP contribution in [0.25, 0.3) is 11.3 Å². The van der Waals surface area contributed by atoms with E-state index in [0.717, 1.165) is 0 Å². The molecule has 0 aliphatic carbocycles. The van der Waals surface area contributed by atoms with Gasteiger partial charge in [-0.05, 0) is 42.5 Å². The summed E-state index contributed by atoms with van der Waals surface area (Å²) in [5.41, 5.74) is 1.28. The smallest absolute Gasteiger partial charge is 0.227 e. The minimum absolute atomic E-state index is 0.124. The first-order chi connectivity index (χ1) is 13.2. The lowest BCUT2D eigenvalue weighted by Crippen LogP contribution is -2.17. The number of benzene rings is 2. The van der Waals surface area contributed by atoms with Gasteiger partial charge in [0.1, 0.15) is 0 Å². The number of nitrogens with zero attached hydrogens (tertiary/aromatic N) is 1. The lowest BCUT2D eigenvalue weighted by atomic mass is 10.2. The normalized spacial score (nSPS) is 11.4. The Morgan fingerprint density at radius 3 is 2.39 bits per heavy atom. The summed E-state index contributed by atoms with van der Waals surface area (Å²) < 4.78 is 24.6. The summed E-state index contributed by atoms with van der Waals surface area (Å²) in [6, 6.07) is 10.9. The number of sulfone groups is 1. The van der Waals surface area contributed by atoms with E-state index in [1.165, 1.54) is 35.6 Å². The summed E-state index contributed by atoms with van der Waals surface area (Å²) in [5, 5.41) is 6.12. The van der Waals surface area contributed by atoms with Crippen molar-refractivity contribution in [3.8, 4) is 11.3 Å². The molecule has 3 rings (SSSR count). The van der Waals surface area contributed by atoms with Crippen molar-refractivity contribution in [2.24, 2.45) is 0 Å². The number of hydrogen-bond acceptors (Lipinski definition) is 5. The highest BCUT2D eigenvalue weighted by atomic mass is 35.5. The highest BCUT2D eigenvalue weighted by Gasteiger charge is 2.17. The summed E-state index contributed by atoms with van der Waals surface area (Å²) in [5.74, 6) is -0.762. The molecular weight excluding hydrogens is 463 g/mol. The summed E-state index contributed by atoms with van der Waals surface area (Å²) in [6.45, 7) is 0. The third-order valence-corrected chi connectivity index (χ3v) is 7.02. The highest BCUT2D eigenvalue weighted by molar-refractivity contribution is 7.91. The largest absolute Gasteiger partial charge is 0.302 e. The molecule has 2 aromatic carbocycles. The van der Waals surface area contributed by atoms with E-state index in [0.29, 0.717) is 31.5 Å². The standard InChI is InChI=1S/C18H13Cl3N2O3S2/c19-11-1-4-13(5-2-11)28(25,26)8-7-17(24)23-18-22-16(10-27-18)14-6-3-12(20)9-15(14)21/h1-6,9-10H,7-8H2,(H,22,23,24). The Balaban J connectivity index is 1.62. The molecule has 0 saturated carbocycles. The van der Waals surface area contributed by atoms with Crippen LogP contribution in [0.4, 0.5) is 5.13 Å². The van der Waals surface area contributed by atoms with Crippen molar-refractivity contribution >= 4 is 67.0 Å². The van der Waals surface area contributed by atoms with Gasteiger partial charge >= 0.3 is 0 Å². The number of carbonyl (C=O) groups excluding carboxylic acids is 1. The highest BCUT2D eigenvalue weighted by Crippen LogP contribution is 2.32. The summed E-state index contributed by atoms with van der Waals surface area (Å²) in [4.78, 5) is 16.6. The zero-order valence-corrected chi connectivity index (χ0v) is 18.1. The van der Waals surface area contributed by atoms with Gasteiger partial charge in [-0.3, -0.25) is 4.79 Å². The van der Waals surface area contributed by atoms with E-state index < -0.39 is 15.7 Å². The van der Waals surface area contributed by atoms with Gasteiger partial charge in [-0.25, -0.2) is 13.4 Å². The molecule has 3 aromatic rings. The Morgan fingerprint density at radius 1 is 1.04 bits per heavy atom. The predicted octanol–water partition coefficient (Wildman–Crippen LogP) is 5.57.